The highest BCUT2D eigenvalue weighted by molar-refractivity contribution is 8.03. The van der Waals surface area contributed by atoms with Crippen molar-refractivity contribution < 1.29 is 0 Å². The highest BCUT2D eigenvalue weighted by atomic mass is 32.2. The average molecular weight is 156 g/mol. The lowest BCUT2D eigenvalue weighted by Gasteiger charge is -2.34. The molecule has 1 unspecified atom stereocenters. The van der Waals surface area contributed by atoms with E-state index in [4.69, 9.17) is 0 Å². The quantitative estimate of drug-likeness (QED) is 0.517. The summed E-state index contributed by atoms with van der Waals surface area (Å²) in [6.07, 6.45) is 3.59. The van der Waals surface area contributed by atoms with E-state index in [9.17, 15) is 0 Å². The first kappa shape index (κ1) is 8.19. The Balaban J connectivity index is 2.70. The minimum atomic E-state index is 0.504. The van der Waals surface area contributed by atoms with Gasteiger partial charge in [-0.2, -0.15) is 0 Å². The number of thioether (sulfide) groups is 1. The van der Waals surface area contributed by atoms with Crippen molar-refractivity contribution in [3.05, 3.63) is 11.0 Å². The van der Waals surface area contributed by atoms with Crippen LogP contribution < -0.4 is 0 Å². The molecule has 0 aromatic carbocycles. The van der Waals surface area contributed by atoms with Crippen LogP contribution in [0, 0.1) is 5.41 Å². The summed E-state index contributed by atoms with van der Waals surface area (Å²) in [6, 6.07) is 0. The molecule has 0 saturated carbocycles. The first-order valence-electron chi connectivity index (χ1n) is 3.86. The van der Waals surface area contributed by atoms with Crippen molar-refractivity contribution in [2.45, 2.75) is 39.4 Å². The van der Waals surface area contributed by atoms with Gasteiger partial charge in [0.2, 0.25) is 0 Å². The van der Waals surface area contributed by atoms with Crippen LogP contribution in [0.5, 0.6) is 0 Å². The fourth-order valence-corrected chi connectivity index (χ4v) is 2.21. The average Bonchev–Trinajstić information content (AvgIpc) is 1.81. The summed E-state index contributed by atoms with van der Waals surface area (Å²) in [5.74, 6) is 0. The molecule has 1 aliphatic heterocycles. The lowest BCUT2D eigenvalue weighted by Crippen LogP contribution is -2.25. The maximum absolute atomic E-state index is 2.35. The Hall–Kier alpha value is 0.0900. The molecule has 0 spiro atoms. The van der Waals surface area contributed by atoms with Gasteiger partial charge in [-0.25, -0.2) is 0 Å². The molecule has 0 aromatic heterocycles. The van der Waals surface area contributed by atoms with Gasteiger partial charge >= 0.3 is 0 Å². The monoisotopic (exact) mass is 156 g/mol. The molecule has 58 valence electrons. The van der Waals surface area contributed by atoms with Crippen molar-refractivity contribution in [3.63, 3.8) is 0 Å². The zero-order valence-electron chi connectivity index (χ0n) is 7.27. The zero-order chi connectivity index (χ0) is 7.78. The van der Waals surface area contributed by atoms with E-state index in [-0.39, 0.29) is 0 Å². The minimum Gasteiger partial charge on any atom is -0.128 e. The van der Waals surface area contributed by atoms with E-state index in [1.807, 2.05) is 11.8 Å². The van der Waals surface area contributed by atoms with Crippen LogP contribution in [0.4, 0.5) is 0 Å². The van der Waals surface area contributed by atoms with Gasteiger partial charge in [-0.05, 0) is 23.7 Å². The second-order valence-electron chi connectivity index (χ2n) is 3.77. The summed E-state index contributed by atoms with van der Waals surface area (Å²) in [5, 5.41) is 0.775. The van der Waals surface area contributed by atoms with Crippen LogP contribution in [0.15, 0.2) is 11.0 Å². The standard InChI is InChI=1S/C9H16S/c1-7-5-6-9(3,4)8(2)10-7/h5,8H,6H2,1-4H3. The highest BCUT2D eigenvalue weighted by Gasteiger charge is 2.28. The molecule has 0 N–H and O–H groups in total. The maximum atomic E-state index is 2.35. The highest BCUT2D eigenvalue weighted by Crippen LogP contribution is 2.42. The fraction of sp³-hybridized carbons (Fsp3) is 0.778. The van der Waals surface area contributed by atoms with Crippen molar-refractivity contribution in [2.24, 2.45) is 5.41 Å². The molecular formula is C9H16S. The lowest BCUT2D eigenvalue weighted by atomic mass is 9.85. The van der Waals surface area contributed by atoms with E-state index in [0.717, 1.165) is 5.25 Å². The summed E-state index contributed by atoms with van der Waals surface area (Å²) in [4.78, 5) is 1.49. The Morgan fingerprint density at radius 2 is 2.20 bits per heavy atom. The molecule has 0 aliphatic carbocycles. The van der Waals surface area contributed by atoms with Gasteiger partial charge in [0, 0.05) is 5.25 Å². The van der Waals surface area contributed by atoms with Crippen LogP contribution in [0.25, 0.3) is 0 Å². The van der Waals surface area contributed by atoms with Crippen LogP contribution in [0.2, 0.25) is 0 Å². The summed E-state index contributed by atoms with van der Waals surface area (Å²) < 4.78 is 0. The number of hydrogen-bond donors (Lipinski definition) is 0. The smallest absolute Gasteiger partial charge is 0.0117 e. The molecule has 0 saturated heterocycles. The largest absolute Gasteiger partial charge is 0.128 e. The normalized spacial score (nSPS) is 31.6. The zero-order valence-corrected chi connectivity index (χ0v) is 8.09. The molecule has 0 radical (unpaired) electrons. The molecule has 0 fully saturated rings. The second kappa shape index (κ2) is 2.61. The molecule has 0 nitrogen and oxygen atoms in total. The molecule has 1 heterocycles. The van der Waals surface area contributed by atoms with E-state index < -0.39 is 0 Å². The van der Waals surface area contributed by atoms with Crippen LogP contribution in [-0.2, 0) is 0 Å². The first-order valence-corrected chi connectivity index (χ1v) is 4.74. The summed E-state index contributed by atoms with van der Waals surface area (Å²) in [7, 11) is 0. The Morgan fingerprint density at radius 3 is 2.60 bits per heavy atom. The summed E-state index contributed by atoms with van der Waals surface area (Å²) in [6.45, 7) is 9.21. The Bertz CT molecular complexity index is 156. The van der Waals surface area contributed by atoms with E-state index in [0.29, 0.717) is 5.41 Å². The van der Waals surface area contributed by atoms with E-state index in [1.165, 1.54) is 11.3 Å². The van der Waals surface area contributed by atoms with E-state index in [1.54, 1.807) is 0 Å². The van der Waals surface area contributed by atoms with Gasteiger partial charge in [0.25, 0.3) is 0 Å². The Kier molecular flexibility index (Phi) is 2.14. The molecule has 1 atom stereocenters. The Morgan fingerprint density at radius 1 is 1.60 bits per heavy atom. The number of rotatable bonds is 0. The predicted molar refractivity (Wildman–Crippen MR) is 49.2 cm³/mol. The lowest BCUT2D eigenvalue weighted by molar-refractivity contribution is 0.365. The minimum absolute atomic E-state index is 0.504. The molecular weight excluding hydrogens is 140 g/mol. The first-order chi connectivity index (χ1) is 4.52. The molecule has 1 rings (SSSR count). The second-order valence-corrected chi connectivity index (χ2v) is 5.35. The molecule has 0 amide bonds. The van der Waals surface area contributed by atoms with Crippen molar-refractivity contribution in [3.8, 4) is 0 Å². The van der Waals surface area contributed by atoms with Crippen molar-refractivity contribution in [2.75, 3.05) is 0 Å². The number of hydrogen-bond acceptors (Lipinski definition) is 1. The van der Waals surface area contributed by atoms with E-state index in [2.05, 4.69) is 33.8 Å². The van der Waals surface area contributed by atoms with Crippen molar-refractivity contribution in [1.29, 1.82) is 0 Å². The van der Waals surface area contributed by atoms with Gasteiger partial charge in [-0.3, -0.25) is 0 Å². The van der Waals surface area contributed by atoms with E-state index >= 15 is 0 Å². The van der Waals surface area contributed by atoms with Crippen molar-refractivity contribution in [1.82, 2.24) is 0 Å². The third-order valence-electron chi connectivity index (χ3n) is 2.38. The Labute approximate surface area is 68.1 Å². The van der Waals surface area contributed by atoms with Crippen LogP contribution >= 0.6 is 11.8 Å². The van der Waals surface area contributed by atoms with Gasteiger partial charge in [0.15, 0.2) is 0 Å². The molecule has 0 aromatic rings. The summed E-state index contributed by atoms with van der Waals surface area (Å²) >= 11 is 2.01. The van der Waals surface area contributed by atoms with Crippen LogP contribution in [0.3, 0.4) is 0 Å². The van der Waals surface area contributed by atoms with Gasteiger partial charge in [-0.15, -0.1) is 11.8 Å². The third-order valence-corrected chi connectivity index (χ3v) is 3.91. The van der Waals surface area contributed by atoms with Gasteiger partial charge in [0.1, 0.15) is 0 Å². The van der Waals surface area contributed by atoms with Gasteiger partial charge in [-0.1, -0.05) is 26.8 Å². The molecule has 1 aliphatic rings. The number of allylic oxidation sites excluding steroid dienone is 2. The summed E-state index contributed by atoms with van der Waals surface area (Å²) in [5.41, 5.74) is 0.504. The van der Waals surface area contributed by atoms with Crippen LogP contribution in [0.1, 0.15) is 34.1 Å². The van der Waals surface area contributed by atoms with Crippen molar-refractivity contribution >= 4 is 11.8 Å². The topological polar surface area (TPSA) is 0 Å². The molecule has 1 heteroatoms. The molecule has 0 bridgehead atoms. The third kappa shape index (κ3) is 1.57. The fourth-order valence-electron chi connectivity index (χ4n) is 1.06. The van der Waals surface area contributed by atoms with Crippen LogP contribution in [-0.4, -0.2) is 5.25 Å². The van der Waals surface area contributed by atoms with Gasteiger partial charge < -0.3 is 0 Å². The SMILES string of the molecule is CC1=CCC(C)(C)C(C)S1. The maximum Gasteiger partial charge on any atom is 0.0117 e. The predicted octanol–water partition coefficient (Wildman–Crippen LogP) is 3.44. The molecule has 10 heavy (non-hydrogen) atoms. The van der Waals surface area contributed by atoms with Gasteiger partial charge in [0.05, 0.1) is 0 Å².